The Morgan fingerprint density at radius 2 is 1.84 bits per heavy atom. The molecular formula is C32H30F4N8O. The summed E-state index contributed by atoms with van der Waals surface area (Å²) in [6, 6.07) is 10.7. The van der Waals surface area contributed by atoms with E-state index in [0.29, 0.717) is 41.6 Å². The Morgan fingerprint density at radius 3 is 2.53 bits per heavy atom. The van der Waals surface area contributed by atoms with Crippen LogP contribution in [0.3, 0.4) is 0 Å². The van der Waals surface area contributed by atoms with Crippen LogP contribution in [-0.2, 0) is 24.5 Å². The van der Waals surface area contributed by atoms with Gasteiger partial charge in [-0.25, -0.2) is 14.1 Å². The number of aromatic nitrogens is 7. The van der Waals surface area contributed by atoms with Crippen molar-refractivity contribution in [2.75, 3.05) is 13.7 Å². The lowest BCUT2D eigenvalue weighted by molar-refractivity contribution is -0.137. The number of methoxy groups -OCH3 is 1. The molecule has 232 valence electrons. The van der Waals surface area contributed by atoms with E-state index in [0.717, 1.165) is 43.0 Å². The van der Waals surface area contributed by atoms with E-state index < -0.39 is 17.6 Å². The Balaban J connectivity index is 1.27. The van der Waals surface area contributed by atoms with Gasteiger partial charge < -0.3 is 14.6 Å². The van der Waals surface area contributed by atoms with Crippen LogP contribution in [0.4, 0.5) is 17.6 Å². The molecule has 1 aromatic carbocycles. The topological polar surface area (TPSA) is 95.6 Å². The molecule has 0 bridgehead atoms. The van der Waals surface area contributed by atoms with E-state index in [1.165, 1.54) is 35.3 Å². The van der Waals surface area contributed by atoms with Gasteiger partial charge >= 0.3 is 6.18 Å². The van der Waals surface area contributed by atoms with Gasteiger partial charge in [-0.3, -0.25) is 4.98 Å². The van der Waals surface area contributed by atoms with Crippen molar-refractivity contribution in [2.24, 2.45) is 7.05 Å². The van der Waals surface area contributed by atoms with Gasteiger partial charge in [-0.05, 0) is 73.2 Å². The van der Waals surface area contributed by atoms with Crippen LogP contribution in [0.15, 0.2) is 61.2 Å². The lowest BCUT2D eigenvalue weighted by Gasteiger charge is -2.17. The molecule has 7 rings (SSSR count). The van der Waals surface area contributed by atoms with Gasteiger partial charge in [-0.15, -0.1) is 10.2 Å². The van der Waals surface area contributed by atoms with Crippen molar-refractivity contribution in [2.45, 2.75) is 49.9 Å². The number of aryl methyl sites for hydroxylation is 1. The van der Waals surface area contributed by atoms with E-state index in [1.807, 2.05) is 6.07 Å². The molecule has 0 amide bonds. The number of nitrogens with zero attached hydrogens (tertiary/aromatic N) is 7. The summed E-state index contributed by atoms with van der Waals surface area (Å²) >= 11 is 0. The molecule has 0 aliphatic heterocycles. The number of halogens is 4. The number of benzene rings is 1. The number of ether oxygens (including phenoxy) is 1. The predicted octanol–water partition coefficient (Wildman–Crippen LogP) is 6.10. The Bertz CT molecular complexity index is 1870. The summed E-state index contributed by atoms with van der Waals surface area (Å²) in [5.41, 5.74) is 2.35. The Morgan fingerprint density at radius 1 is 1.02 bits per heavy atom. The zero-order valence-corrected chi connectivity index (χ0v) is 24.6. The summed E-state index contributed by atoms with van der Waals surface area (Å²) in [5, 5.41) is 15.9. The van der Waals surface area contributed by atoms with Crippen LogP contribution in [0.1, 0.15) is 48.6 Å². The fraction of sp³-hybridized carbons (Fsp3) is 0.344. The maximum Gasteiger partial charge on any atom is 0.418 e. The summed E-state index contributed by atoms with van der Waals surface area (Å²) in [4.78, 5) is 9.26. The number of pyridine rings is 2. The van der Waals surface area contributed by atoms with Crippen molar-refractivity contribution >= 4 is 0 Å². The van der Waals surface area contributed by atoms with Crippen LogP contribution >= 0.6 is 0 Å². The maximum atomic E-state index is 14.4. The molecule has 2 aliphatic carbocycles. The third-order valence-corrected chi connectivity index (χ3v) is 8.34. The van der Waals surface area contributed by atoms with Crippen molar-refractivity contribution in [1.29, 1.82) is 0 Å². The summed E-state index contributed by atoms with van der Waals surface area (Å²) in [5.74, 6) is 0.761. The first-order chi connectivity index (χ1) is 21.6. The molecule has 0 saturated heterocycles. The van der Waals surface area contributed by atoms with E-state index in [2.05, 4.69) is 25.6 Å². The second-order valence-electron chi connectivity index (χ2n) is 11.8. The number of alkyl halides is 3. The molecule has 2 aliphatic rings. The molecule has 13 heteroatoms. The van der Waals surface area contributed by atoms with Gasteiger partial charge in [0.15, 0.2) is 11.6 Å². The first-order valence-corrected chi connectivity index (χ1v) is 14.7. The second-order valence-corrected chi connectivity index (χ2v) is 11.8. The van der Waals surface area contributed by atoms with Gasteiger partial charge in [0.25, 0.3) is 0 Å². The maximum absolute atomic E-state index is 14.4. The molecular weight excluding hydrogens is 588 g/mol. The number of nitrogens with one attached hydrogen (secondary N) is 1. The Kier molecular flexibility index (Phi) is 7.24. The molecule has 5 aromatic rings. The van der Waals surface area contributed by atoms with Gasteiger partial charge in [-0.2, -0.15) is 18.3 Å². The van der Waals surface area contributed by atoms with Crippen LogP contribution in [0.5, 0.6) is 0 Å². The lowest BCUT2D eigenvalue weighted by atomic mass is 9.98. The minimum Gasteiger partial charge on any atom is -0.383 e. The van der Waals surface area contributed by atoms with Crippen LogP contribution in [-0.4, -0.2) is 53.8 Å². The van der Waals surface area contributed by atoms with Crippen molar-refractivity contribution in [3.63, 3.8) is 0 Å². The monoisotopic (exact) mass is 618 g/mol. The number of hydrogen-bond donors (Lipinski definition) is 1. The van der Waals surface area contributed by atoms with E-state index in [4.69, 9.17) is 9.72 Å². The third kappa shape index (κ3) is 5.97. The first-order valence-electron chi connectivity index (χ1n) is 14.7. The van der Waals surface area contributed by atoms with Crippen molar-refractivity contribution in [1.82, 2.24) is 39.8 Å². The predicted molar refractivity (Wildman–Crippen MR) is 158 cm³/mol. The Labute approximate surface area is 256 Å². The zero-order valence-electron chi connectivity index (χ0n) is 24.6. The van der Waals surface area contributed by atoms with Crippen LogP contribution in [0.25, 0.3) is 39.6 Å². The minimum absolute atomic E-state index is 0.155. The minimum atomic E-state index is -4.61. The van der Waals surface area contributed by atoms with Gasteiger partial charge in [0, 0.05) is 55.2 Å². The second kappa shape index (κ2) is 11.1. The highest BCUT2D eigenvalue weighted by Crippen LogP contribution is 2.42. The van der Waals surface area contributed by atoms with E-state index in [-0.39, 0.29) is 22.7 Å². The van der Waals surface area contributed by atoms with Crippen LogP contribution in [0, 0.1) is 5.82 Å². The SMILES string of the molecule is COCC1(NCc2ccc(C(F)(F)F)c(-c3cnn(-c4cc(-c5ccc(F)cc5-c5nncn5C)cc(C5CC5)n4)c3)n2)CC1. The van der Waals surface area contributed by atoms with Gasteiger partial charge in [0.05, 0.1) is 29.8 Å². The third-order valence-electron chi connectivity index (χ3n) is 8.34. The van der Waals surface area contributed by atoms with Gasteiger partial charge in [-0.1, -0.05) is 6.07 Å². The lowest BCUT2D eigenvalue weighted by Crippen LogP contribution is -2.35. The van der Waals surface area contributed by atoms with Crippen LogP contribution in [0.2, 0.25) is 0 Å². The molecule has 0 unspecified atom stereocenters. The van der Waals surface area contributed by atoms with E-state index in [9.17, 15) is 17.6 Å². The molecule has 2 saturated carbocycles. The average molecular weight is 619 g/mol. The number of hydrogen-bond acceptors (Lipinski definition) is 7. The zero-order chi connectivity index (χ0) is 31.3. The van der Waals surface area contributed by atoms with Crippen molar-refractivity contribution in [3.8, 4) is 39.6 Å². The molecule has 4 heterocycles. The normalized spacial score (nSPS) is 15.9. The van der Waals surface area contributed by atoms with Gasteiger partial charge in [0.1, 0.15) is 12.1 Å². The molecule has 9 nitrogen and oxygen atoms in total. The van der Waals surface area contributed by atoms with E-state index in [1.54, 1.807) is 37.2 Å². The fourth-order valence-corrected chi connectivity index (χ4v) is 5.57. The molecule has 2 fully saturated rings. The molecule has 0 atom stereocenters. The standard InChI is InChI=1S/C32H30F4N8O/c1-43-18-38-42-30(43)25-13-22(33)5-7-24(25)20-11-27(19-3-4-19)41-28(12-20)44-16-21(14-39-44)29-26(32(34,35)36)8-6-23(40-29)15-37-31(9-10-31)17-45-2/h5-8,11-14,16,18-19,37H,3-4,9-10,15,17H2,1-2H3. The highest BCUT2D eigenvalue weighted by Gasteiger charge is 2.42. The quantitative estimate of drug-likeness (QED) is 0.189. The summed E-state index contributed by atoms with van der Waals surface area (Å²) in [7, 11) is 3.41. The summed E-state index contributed by atoms with van der Waals surface area (Å²) in [6.07, 6.45) is 3.65. The highest BCUT2D eigenvalue weighted by atomic mass is 19.4. The van der Waals surface area contributed by atoms with E-state index >= 15 is 0 Å². The average Bonchev–Trinajstić information content (AvgIpc) is 3.92. The summed E-state index contributed by atoms with van der Waals surface area (Å²) < 4.78 is 65.3. The first kappa shape index (κ1) is 29.2. The smallest absolute Gasteiger partial charge is 0.383 e. The van der Waals surface area contributed by atoms with Crippen molar-refractivity contribution < 1.29 is 22.3 Å². The molecule has 1 N–H and O–H groups in total. The number of rotatable bonds is 10. The van der Waals surface area contributed by atoms with Crippen LogP contribution < -0.4 is 5.32 Å². The molecule has 4 aromatic heterocycles. The largest absolute Gasteiger partial charge is 0.418 e. The Hall–Kier alpha value is -4.49. The summed E-state index contributed by atoms with van der Waals surface area (Å²) in [6.45, 7) is 0.836. The molecule has 0 radical (unpaired) electrons. The van der Waals surface area contributed by atoms with Crippen molar-refractivity contribution in [3.05, 3.63) is 84.0 Å². The molecule has 45 heavy (non-hydrogen) atoms. The van der Waals surface area contributed by atoms with Gasteiger partial charge in [0.2, 0.25) is 0 Å². The fourth-order valence-electron chi connectivity index (χ4n) is 5.57. The molecule has 0 spiro atoms. The highest BCUT2D eigenvalue weighted by molar-refractivity contribution is 5.81.